The number of hydrogen-bond donors (Lipinski definition) is 2. The number of nitrogens with two attached hydrogens (primary N) is 1. The number of carbonyl (C=O) groups excluding carboxylic acids is 1. The van der Waals surface area contributed by atoms with E-state index in [-0.39, 0.29) is 30.5 Å². The van der Waals surface area contributed by atoms with E-state index in [4.69, 9.17) is 10.5 Å². The summed E-state index contributed by atoms with van der Waals surface area (Å²) in [5.41, 5.74) is 5.57. The van der Waals surface area contributed by atoms with Crippen LogP contribution in [0.5, 0.6) is 0 Å². The van der Waals surface area contributed by atoms with Gasteiger partial charge < -0.3 is 15.8 Å². The Kier molecular flexibility index (Phi) is 7.75. The summed E-state index contributed by atoms with van der Waals surface area (Å²) in [5.74, 6) is 1.01. The predicted octanol–water partition coefficient (Wildman–Crippen LogP) is 1.32. The van der Waals surface area contributed by atoms with Gasteiger partial charge in [0.1, 0.15) is 0 Å². The Bertz CT molecular complexity index is 235. The fourth-order valence-electron chi connectivity index (χ4n) is 2.22. The third-order valence-corrected chi connectivity index (χ3v) is 2.99. The van der Waals surface area contributed by atoms with Gasteiger partial charge in [-0.3, -0.25) is 4.79 Å². The molecule has 4 nitrogen and oxygen atoms in total. The van der Waals surface area contributed by atoms with Crippen molar-refractivity contribution in [3.8, 4) is 0 Å². The van der Waals surface area contributed by atoms with Crippen molar-refractivity contribution in [1.82, 2.24) is 5.32 Å². The summed E-state index contributed by atoms with van der Waals surface area (Å²) in [6.07, 6.45) is 1.73. The fourth-order valence-corrected chi connectivity index (χ4v) is 2.22. The summed E-state index contributed by atoms with van der Waals surface area (Å²) < 4.78 is 5.66. The highest BCUT2D eigenvalue weighted by Crippen LogP contribution is 2.25. The Morgan fingerprint density at radius 2 is 2.12 bits per heavy atom. The molecule has 3 atom stereocenters. The molecule has 1 aliphatic rings. The van der Waals surface area contributed by atoms with Gasteiger partial charge in [0.2, 0.25) is 5.91 Å². The van der Waals surface area contributed by atoms with E-state index in [1.807, 2.05) is 6.92 Å². The average molecular weight is 265 g/mol. The normalized spacial score (nSPS) is 25.5. The van der Waals surface area contributed by atoms with Crippen molar-refractivity contribution < 1.29 is 9.53 Å². The summed E-state index contributed by atoms with van der Waals surface area (Å²) in [6.45, 7) is 7.69. The van der Waals surface area contributed by atoms with Crippen molar-refractivity contribution in [2.45, 2.75) is 45.8 Å². The van der Waals surface area contributed by atoms with Crippen molar-refractivity contribution in [2.75, 3.05) is 13.2 Å². The van der Waals surface area contributed by atoms with Crippen LogP contribution in [0.25, 0.3) is 0 Å². The number of ether oxygens (including phenoxy) is 1. The minimum atomic E-state index is -0.0688. The molecule has 1 aliphatic heterocycles. The van der Waals surface area contributed by atoms with Crippen molar-refractivity contribution in [1.29, 1.82) is 0 Å². The van der Waals surface area contributed by atoms with E-state index in [1.165, 1.54) is 0 Å². The van der Waals surface area contributed by atoms with Crippen molar-refractivity contribution in [3.63, 3.8) is 0 Å². The molecule has 0 aliphatic carbocycles. The molecule has 1 heterocycles. The van der Waals surface area contributed by atoms with Crippen LogP contribution in [-0.2, 0) is 9.53 Å². The third-order valence-electron chi connectivity index (χ3n) is 2.99. The lowest BCUT2D eigenvalue weighted by atomic mass is 9.93. The van der Waals surface area contributed by atoms with Crippen LogP contribution in [0.2, 0.25) is 0 Å². The Morgan fingerprint density at radius 3 is 2.65 bits per heavy atom. The number of hydrogen-bond acceptors (Lipinski definition) is 3. The Hall–Kier alpha value is -0.320. The zero-order chi connectivity index (χ0) is 12.1. The molecule has 3 unspecified atom stereocenters. The second-order valence-electron chi connectivity index (χ2n) is 5.11. The molecule has 0 saturated carbocycles. The van der Waals surface area contributed by atoms with Gasteiger partial charge >= 0.3 is 0 Å². The number of amides is 1. The fraction of sp³-hybridized carbons (Fsp3) is 0.917. The summed E-state index contributed by atoms with van der Waals surface area (Å²) in [4.78, 5) is 11.5. The Balaban J connectivity index is 0.00000256. The van der Waals surface area contributed by atoms with Crippen LogP contribution in [0.15, 0.2) is 0 Å². The lowest BCUT2D eigenvalue weighted by Crippen LogP contribution is -2.36. The summed E-state index contributed by atoms with van der Waals surface area (Å²) >= 11 is 0. The van der Waals surface area contributed by atoms with Gasteiger partial charge in [-0.1, -0.05) is 13.8 Å². The number of nitrogens with one attached hydrogen (secondary N) is 1. The van der Waals surface area contributed by atoms with Gasteiger partial charge in [-0.2, -0.15) is 0 Å². The molecule has 1 saturated heterocycles. The van der Waals surface area contributed by atoms with Crippen LogP contribution in [0.3, 0.4) is 0 Å². The summed E-state index contributed by atoms with van der Waals surface area (Å²) in [6, 6.07) is -0.0688. The van der Waals surface area contributed by atoms with Crippen LogP contribution < -0.4 is 11.1 Å². The second kappa shape index (κ2) is 7.90. The van der Waals surface area contributed by atoms with E-state index in [1.54, 1.807) is 0 Å². The Labute approximate surface area is 110 Å². The number of halogens is 1. The highest BCUT2D eigenvalue weighted by atomic mass is 35.5. The average Bonchev–Trinajstić information content (AvgIpc) is 2.61. The van der Waals surface area contributed by atoms with Crippen LogP contribution in [0, 0.1) is 11.8 Å². The molecule has 0 spiro atoms. The highest BCUT2D eigenvalue weighted by Gasteiger charge is 2.30. The zero-order valence-electron chi connectivity index (χ0n) is 10.9. The van der Waals surface area contributed by atoms with E-state index < -0.39 is 0 Å². The topological polar surface area (TPSA) is 64.4 Å². The Morgan fingerprint density at radius 1 is 1.47 bits per heavy atom. The lowest BCUT2D eigenvalue weighted by molar-refractivity contribution is -0.121. The first-order valence-electron chi connectivity index (χ1n) is 6.14. The minimum Gasteiger partial charge on any atom is -0.378 e. The maximum Gasteiger partial charge on any atom is 0.221 e. The first-order chi connectivity index (χ1) is 7.50. The van der Waals surface area contributed by atoms with Crippen LogP contribution in [-0.4, -0.2) is 31.2 Å². The maximum absolute atomic E-state index is 11.5. The SMILES string of the molecule is CC(N)CC(=O)NCC1CCOC1C(C)C.Cl. The molecule has 1 amide bonds. The molecule has 17 heavy (non-hydrogen) atoms. The minimum absolute atomic E-state index is 0. The summed E-state index contributed by atoms with van der Waals surface area (Å²) in [7, 11) is 0. The molecular formula is C12H25ClN2O2. The number of carbonyl (C=O) groups is 1. The maximum atomic E-state index is 11.5. The van der Waals surface area contributed by atoms with Gasteiger partial charge in [0.25, 0.3) is 0 Å². The summed E-state index contributed by atoms with van der Waals surface area (Å²) in [5, 5.41) is 2.94. The van der Waals surface area contributed by atoms with Crippen LogP contribution in [0.4, 0.5) is 0 Å². The quantitative estimate of drug-likeness (QED) is 0.787. The molecule has 102 valence electrons. The van der Waals surface area contributed by atoms with Crippen LogP contribution in [0.1, 0.15) is 33.6 Å². The molecular weight excluding hydrogens is 240 g/mol. The third kappa shape index (κ3) is 5.70. The van der Waals surface area contributed by atoms with Gasteiger partial charge in [0.05, 0.1) is 6.10 Å². The molecule has 0 aromatic carbocycles. The van der Waals surface area contributed by atoms with E-state index in [0.717, 1.165) is 13.0 Å². The molecule has 0 aromatic rings. The molecule has 1 fully saturated rings. The van der Waals surface area contributed by atoms with Crippen molar-refractivity contribution in [2.24, 2.45) is 17.6 Å². The van der Waals surface area contributed by atoms with Gasteiger partial charge in [0.15, 0.2) is 0 Å². The van der Waals surface area contributed by atoms with E-state index in [9.17, 15) is 4.79 Å². The smallest absolute Gasteiger partial charge is 0.221 e. The highest BCUT2D eigenvalue weighted by molar-refractivity contribution is 5.85. The van der Waals surface area contributed by atoms with Crippen molar-refractivity contribution >= 4 is 18.3 Å². The standard InChI is InChI=1S/C12H24N2O2.ClH/c1-8(2)12-10(4-5-16-12)7-14-11(15)6-9(3)13;/h8-10,12H,4-7,13H2,1-3H3,(H,14,15);1H. The van der Waals surface area contributed by atoms with Crippen LogP contribution >= 0.6 is 12.4 Å². The predicted molar refractivity (Wildman–Crippen MR) is 71.2 cm³/mol. The molecule has 0 radical (unpaired) electrons. The van der Waals surface area contributed by atoms with Gasteiger partial charge in [-0.15, -0.1) is 12.4 Å². The monoisotopic (exact) mass is 264 g/mol. The van der Waals surface area contributed by atoms with Gasteiger partial charge in [-0.25, -0.2) is 0 Å². The largest absolute Gasteiger partial charge is 0.378 e. The van der Waals surface area contributed by atoms with E-state index in [2.05, 4.69) is 19.2 Å². The molecule has 3 N–H and O–H groups in total. The second-order valence-corrected chi connectivity index (χ2v) is 5.11. The zero-order valence-corrected chi connectivity index (χ0v) is 11.8. The first kappa shape index (κ1) is 16.7. The molecule has 5 heteroatoms. The molecule has 0 aromatic heterocycles. The number of rotatable bonds is 5. The van der Waals surface area contributed by atoms with E-state index in [0.29, 0.717) is 24.8 Å². The lowest BCUT2D eigenvalue weighted by Gasteiger charge is -2.22. The first-order valence-corrected chi connectivity index (χ1v) is 6.14. The van der Waals surface area contributed by atoms with E-state index >= 15 is 0 Å². The van der Waals surface area contributed by atoms with Gasteiger partial charge in [0, 0.05) is 31.5 Å². The van der Waals surface area contributed by atoms with Crippen molar-refractivity contribution in [3.05, 3.63) is 0 Å². The molecule has 1 rings (SSSR count). The molecule has 0 bridgehead atoms. The van der Waals surface area contributed by atoms with Gasteiger partial charge in [-0.05, 0) is 19.3 Å².